The smallest absolute Gasteiger partial charge is 0.311 e. The van der Waals surface area contributed by atoms with Crippen LogP contribution in [0.5, 0.6) is 5.75 Å². The van der Waals surface area contributed by atoms with Gasteiger partial charge >= 0.3 is 5.97 Å². The molecule has 5 heteroatoms. The third kappa shape index (κ3) is 7.13. The lowest BCUT2D eigenvalue weighted by molar-refractivity contribution is -0.134. The van der Waals surface area contributed by atoms with E-state index in [9.17, 15) is 9.59 Å². The minimum atomic E-state index is -0.206. The van der Waals surface area contributed by atoms with Crippen LogP contribution in [0, 0.1) is 0 Å². The lowest BCUT2D eigenvalue weighted by Gasteiger charge is -2.04. The number of azo groups is 1. The van der Waals surface area contributed by atoms with Gasteiger partial charge in [-0.2, -0.15) is 10.2 Å². The highest BCUT2D eigenvalue weighted by Crippen LogP contribution is 2.22. The molecule has 0 fully saturated rings. The first kappa shape index (κ1) is 20.5. The quantitative estimate of drug-likeness (QED) is 0.157. The van der Waals surface area contributed by atoms with Crippen molar-refractivity contribution in [2.45, 2.75) is 52.4 Å². The minimum Gasteiger partial charge on any atom is -0.427 e. The molecule has 142 valence electrons. The Morgan fingerprint density at radius 3 is 1.96 bits per heavy atom. The molecule has 0 bridgehead atoms. The van der Waals surface area contributed by atoms with Gasteiger partial charge in [0.05, 0.1) is 11.4 Å². The summed E-state index contributed by atoms with van der Waals surface area (Å²) in [5.74, 6) is 0.410. The third-order valence-corrected chi connectivity index (χ3v) is 4.09. The first-order chi connectivity index (χ1) is 13.1. The Morgan fingerprint density at radius 1 is 0.815 bits per heavy atom. The molecule has 0 amide bonds. The zero-order chi connectivity index (χ0) is 19.5. The van der Waals surface area contributed by atoms with Crippen LogP contribution in [-0.2, 0) is 4.79 Å². The summed E-state index contributed by atoms with van der Waals surface area (Å²) in [6, 6.07) is 14.0. The van der Waals surface area contributed by atoms with Crippen molar-refractivity contribution in [3.63, 3.8) is 0 Å². The Labute approximate surface area is 160 Å². The van der Waals surface area contributed by atoms with Crippen molar-refractivity contribution in [1.82, 2.24) is 0 Å². The van der Waals surface area contributed by atoms with Crippen molar-refractivity contribution in [2.24, 2.45) is 10.2 Å². The molecule has 0 atom stereocenters. The summed E-state index contributed by atoms with van der Waals surface area (Å²) in [6.45, 7) is 3.98. The van der Waals surface area contributed by atoms with E-state index in [1.165, 1.54) is 0 Å². The minimum absolute atomic E-state index is 0.106. The summed E-state index contributed by atoms with van der Waals surface area (Å²) >= 11 is 0. The summed E-state index contributed by atoms with van der Waals surface area (Å²) < 4.78 is 5.32. The summed E-state index contributed by atoms with van der Waals surface area (Å²) in [4.78, 5) is 23.4. The van der Waals surface area contributed by atoms with E-state index >= 15 is 0 Å². The molecule has 2 rings (SSSR count). The van der Waals surface area contributed by atoms with Gasteiger partial charge in [-0.25, -0.2) is 0 Å². The third-order valence-electron chi connectivity index (χ3n) is 4.09. The number of nitrogens with zero attached hydrogens (tertiary/aromatic N) is 2. The maximum Gasteiger partial charge on any atom is 0.311 e. The molecule has 0 aromatic heterocycles. The van der Waals surface area contributed by atoms with Crippen molar-refractivity contribution in [1.29, 1.82) is 0 Å². The van der Waals surface area contributed by atoms with E-state index in [-0.39, 0.29) is 11.8 Å². The largest absolute Gasteiger partial charge is 0.427 e. The van der Waals surface area contributed by atoms with E-state index in [1.54, 1.807) is 48.5 Å². The number of rotatable bonds is 10. The van der Waals surface area contributed by atoms with Crippen LogP contribution in [0.1, 0.15) is 62.7 Å². The van der Waals surface area contributed by atoms with Crippen LogP contribution in [-0.4, -0.2) is 11.8 Å². The van der Waals surface area contributed by atoms with E-state index in [0.717, 1.165) is 25.7 Å². The average molecular weight is 366 g/mol. The highest BCUT2D eigenvalue weighted by Gasteiger charge is 2.05. The van der Waals surface area contributed by atoms with Crippen molar-refractivity contribution in [3.05, 3.63) is 54.1 Å². The molecule has 27 heavy (non-hydrogen) atoms. The van der Waals surface area contributed by atoms with E-state index in [4.69, 9.17) is 4.74 Å². The molecule has 0 aliphatic heterocycles. The topological polar surface area (TPSA) is 68.1 Å². The Morgan fingerprint density at radius 2 is 1.41 bits per heavy atom. The number of ether oxygens (including phenoxy) is 1. The summed E-state index contributed by atoms with van der Waals surface area (Å²) in [5, 5.41) is 8.32. The molecule has 0 aliphatic carbocycles. The zero-order valence-corrected chi connectivity index (χ0v) is 16.0. The van der Waals surface area contributed by atoms with Crippen LogP contribution in [0.2, 0.25) is 0 Å². The van der Waals surface area contributed by atoms with Gasteiger partial charge in [-0.05, 0) is 55.0 Å². The molecule has 0 saturated heterocycles. The van der Waals surface area contributed by atoms with Crippen molar-refractivity contribution in [3.8, 4) is 5.75 Å². The Balaban J connectivity index is 1.86. The Bertz CT molecular complexity index is 765. The SMILES string of the molecule is CCCCCCC(=O)Oc1ccc(/N=N/c2ccc(C(=O)CC)cc2)cc1. The molecule has 0 heterocycles. The zero-order valence-electron chi connectivity index (χ0n) is 16.0. The summed E-state index contributed by atoms with van der Waals surface area (Å²) in [7, 11) is 0. The Kier molecular flexibility index (Phi) is 8.36. The first-order valence-electron chi connectivity index (χ1n) is 9.48. The fraction of sp³-hybridized carbons (Fsp3) is 0.364. The molecule has 0 N–H and O–H groups in total. The van der Waals surface area contributed by atoms with E-state index in [0.29, 0.717) is 35.5 Å². The highest BCUT2D eigenvalue weighted by molar-refractivity contribution is 5.96. The normalized spacial score (nSPS) is 10.9. The second-order valence-corrected chi connectivity index (χ2v) is 6.30. The van der Waals surface area contributed by atoms with Gasteiger partial charge in [0.2, 0.25) is 0 Å². The number of Topliss-reactive ketones (excluding diaryl/α,β-unsaturated/α-hetero) is 1. The summed E-state index contributed by atoms with van der Waals surface area (Å²) in [5.41, 5.74) is 2.01. The molecule has 2 aromatic rings. The number of carbonyl (C=O) groups is 2. The van der Waals surface area contributed by atoms with Crippen LogP contribution >= 0.6 is 0 Å². The number of ketones is 1. The lowest BCUT2D eigenvalue weighted by atomic mass is 10.1. The van der Waals surface area contributed by atoms with Crippen molar-refractivity contribution >= 4 is 23.1 Å². The van der Waals surface area contributed by atoms with E-state index < -0.39 is 0 Å². The average Bonchev–Trinajstić information content (AvgIpc) is 2.70. The van der Waals surface area contributed by atoms with E-state index in [1.807, 2.05) is 6.92 Å². The van der Waals surface area contributed by atoms with Crippen LogP contribution in [0.25, 0.3) is 0 Å². The standard InChI is InChI=1S/C22H26N2O3/c1-3-5-6-7-8-22(26)27-20-15-13-19(14-16-20)24-23-18-11-9-17(10-12-18)21(25)4-2/h9-16H,3-8H2,1-2H3/b24-23+. The van der Waals surface area contributed by atoms with Crippen molar-refractivity contribution in [2.75, 3.05) is 0 Å². The molecular formula is C22H26N2O3. The first-order valence-corrected chi connectivity index (χ1v) is 9.48. The fourth-order valence-corrected chi connectivity index (χ4v) is 2.49. The molecule has 0 radical (unpaired) electrons. The number of esters is 1. The van der Waals surface area contributed by atoms with Crippen LogP contribution in [0.15, 0.2) is 58.8 Å². The second-order valence-electron chi connectivity index (χ2n) is 6.30. The van der Waals surface area contributed by atoms with Gasteiger partial charge in [-0.15, -0.1) is 0 Å². The molecule has 5 nitrogen and oxygen atoms in total. The van der Waals surface area contributed by atoms with Crippen LogP contribution < -0.4 is 4.74 Å². The van der Waals surface area contributed by atoms with Gasteiger partial charge in [-0.3, -0.25) is 9.59 Å². The highest BCUT2D eigenvalue weighted by atomic mass is 16.5. The number of carbonyl (C=O) groups excluding carboxylic acids is 2. The number of unbranched alkanes of at least 4 members (excludes halogenated alkanes) is 3. The molecular weight excluding hydrogens is 340 g/mol. The van der Waals surface area contributed by atoms with E-state index in [2.05, 4.69) is 17.2 Å². The maximum absolute atomic E-state index is 11.8. The molecule has 0 aliphatic rings. The summed E-state index contributed by atoms with van der Waals surface area (Å²) in [6.07, 6.45) is 5.13. The van der Waals surface area contributed by atoms with Crippen LogP contribution in [0.3, 0.4) is 0 Å². The molecule has 0 saturated carbocycles. The fourth-order valence-electron chi connectivity index (χ4n) is 2.49. The molecule has 0 unspecified atom stereocenters. The number of hydrogen-bond acceptors (Lipinski definition) is 5. The number of benzene rings is 2. The van der Waals surface area contributed by atoms with Gasteiger partial charge < -0.3 is 4.74 Å². The van der Waals surface area contributed by atoms with Gasteiger partial charge in [0.25, 0.3) is 0 Å². The monoisotopic (exact) mass is 366 g/mol. The van der Waals surface area contributed by atoms with Crippen LogP contribution in [0.4, 0.5) is 11.4 Å². The second kappa shape index (κ2) is 11.0. The predicted octanol–water partition coefficient (Wildman–Crippen LogP) is 6.57. The molecule has 0 spiro atoms. The predicted molar refractivity (Wildman–Crippen MR) is 106 cm³/mol. The van der Waals surface area contributed by atoms with Gasteiger partial charge in [0, 0.05) is 18.4 Å². The lowest BCUT2D eigenvalue weighted by Crippen LogP contribution is -2.07. The van der Waals surface area contributed by atoms with Gasteiger partial charge in [-0.1, -0.05) is 33.1 Å². The maximum atomic E-state index is 11.8. The molecule has 2 aromatic carbocycles. The van der Waals surface area contributed by atoms with Crippen molar-refractivity contribution < 1.29 is 14.3 Å². The number of hydrogen-bond donors (Lipinski definition) is 0. The van der Waals surface area contributed by atoms with Gasteiger partial charge in [0.15, 0.2) is 5.78 Å². The Hall–Kier alpha value is -2.82. The van der Waals surface area contributed by atoms with Gasteiger partial charge in [0.1, 0.15) is 5.75 Å².